The molecular weight excluding hydrogens is 392 g/mol. The summed E-state index contributed by atoms with van der Waals surface area (Å²) in [7, 11) is 0. The highest BCUT2D eigenvalue weighted by molar-refractivity contribution is 5.94. The third-order valence-corrected chi connectivity index (χ3v) is 5.27. The Hall–Kier alpha value is -2.56. The average molecular weight is 422 g/mol. The molecule has 1 saturated heterocycles. The fourth-order valence-electron chi connectivity index (χ4n) is 3.65. The van der Waals surface area contributed by atoms with E-state index in [1.54, 1.807) is 12.3 Å². The molecule has 166 valence electrons. The lowest BCUT2D eigenvalue weighted by Crippen LogP contribution is -2.42. The molecule has 2 fully saturated rings. The average Bonchev–Trinajstić information content (AvgIpc) is 3.10. The number of morpholine rings is 1. The van der Waals surface area contributed by atoms with Gasteiger partial charge in [0.1, 0.15) is 5.69 Å². The summed E-state index contributed by atoms with van der Waals surface area (Å²) in [5.41, 5.74) is 1.13. The lowest BCUT2D eigenvalue weighted by molar-refractivity contribution is -0.125. The normalized spacial score (nSPS) is 23.7. The number of aromatic nitrogens is 1. The summed E-state index contributed by atoms with van der Waals surface area (Å²) in [6, 6.07) is 3.15. The molecule has 0 unspecified atom stereocenters. The first kappa shape index (κ1) is 23.7. The molecule has 0 bridgehead atoms. The van der Waals surface area contributed by atoms with Crippen molar-refractivity contribution in [3.05, 3.63) is 29.6 Å². The minimum Gasteiger partial charge on any atom is -0.483 e. The second kappa shape index (κ2) is 12.2. The number of hydrogen-bond acceptors (Lipinski definition) is 7. The lowest BCUT2D eigenvalue weighted by atomic mass is 10.1. The summed E-state index contributed by atoms with van der Waals surface area (Å²) in [4.78, 5) is 39.5. The Morgan fingerprint density at radius 2 is 2.03 bits per heavy atom. The van der Waals surface area contributed by atoms with Crippen molar-refractivity contribution in [3.63, 3.8) is 0 Å². The van der Waals surface area contributed by atoms with Crippen LogP contribution in [0.5, 0.6) is 0 Å². The number of pyridine rings is 1. The summed E-state index contributed by atoms with van der Waals surface area (Å²) in [6.45, 7) is 6.19. The van der Waals surface area contributed by atoms with Crippen molar-refractivity contribution in [2.45, 2.75) is 31.9 Å². The molecule has 2 amide bonds. The molecule has 2 heterocycles. The van der Waals surface area contributed by atoms with Crippen LogP contribution < -0.4 is 10.6 Å². The smallest absolute Gasteiger partial charge is 0.290 e. The van der Waals surface area contributed by atoms with Gasteiger partial charge in [-0.1, -0.05) is 6.07 Å². The highest BCUT2D eigenvalue weighted by Gasteiger charge is 2.38. The predicted molar refractivity (Wildman–Crippen MR) is 108 cm³/mol. The van der Waals surface area contributed by atoms with E-state index in [-0.39, 0.29) is 24.2 Å². The van der Waals surface area contributed by atoms with Gasteiger partial charge in [-0.25, -0.2) is 0 Å². The number of carbonyl (C=O) groups excluding carboxylic acids is 2. The van der Waals surface area contributed by atoms with E-state index in [1.165, 1.54) is 0 Å². The third kappa shape index (κ3) is 7.05. The van der Waals surface area contributed by atoms with Crippen LogP contribution in [0.1, 0.15) is 28.9 Å². The maximum absolute atomic E-state index is 12.4. The van der Waals surface area contributed by atoms with E-state index in [0.717, 1.165) is 38.4 Å². The van der Waals surface area contributed by atoms with Gasteiger partial charge in [0.05, 0.1) is 25.4 Å². The molecule has 0 spiro atoms. The zero-order chi connectivity index (χ0) is 21.9. The van der Waals surface area contributed by atoms with Crippen LogP contribution in [0.3, 0.4) is 0 Å². The van der Waals surface area contributed by atoms with Gasteiger partial charge in [0.2, 0.25) is 5.91 Å². The molecule has 4 N–H and O–H groups in total. The number of nitrogens with zero attached hydrogens (tertiary/aromatic N) is 2. The molecule has 0 radical (unpaired) electrons. The van der Waals surface area contributed by atoms with E-state index in [1.807, 2.05) is 13.0 Å². The first-order chi connectivity index (χ1) is 14.5. The van der Waals surface area contributed by atoms with Gasteiger partial charge >= 0.3 is 0 Å². The van der Waals surface area contributed by atoms with Gasteiger partial charge in [0.15, 0.2) is 0 Å². The molecule has 1 aliphatic carbocycles. The van der Waals surface area contributed by atoms with E-state index in [2.05, 4.69) is 20.5 Å². The van der Waals surface area contributed by atoms with E-state index in [0.29, 0.717) is 25.1 Å². The van der Waals surface area contributed by atoms with Crippen molar-refractivity contribution < 1.29 is 29.3 Å². The van der Waals surface area contributed by atoms with Crippen molar-refractivity contribution in [1.82, 2.24) is 20.5 Å². The Bertz CT molecular complexity index is 710. The van der Waals surface area contributed by atoms with Gasteiger partial charge in [0, 0.05) is 38.3 Å². The van der Waals surface area contributed by atoms with Gasteiger partial charge in [-0.15, -0.1) is 0 Å². The zero-order valence-electron chi connectivity index (χ0n) is 17.1. The topological polar surface area (TPSA) is 141 Å². The molecule has 3 rings (SSSR count). The van der Waals surface area contributed by atoms with Crippen LogP contribution in [0.2, 0.25) is 0 Å². The molecule has 2 aliphatic rings. The van der Waals surface area contributed by atoms with Crippen LogP contribution in [0.4, 0.5) is 0 Å². The van der Waals surface area contributed by atoms with Gasteiger partial charge < -0.3 is 25.6 Å². The predicted octanol–water partition coefficient (Wildman–Crippen LogP) is -0.591. The highest BCUT2D eigenvalue weighted by Crippen LogP contribution is 2.26. The van der Waals surface area contributed by atoms with Crippen LogP contribution in [-0.4, -0.2) is 89.9 Å². The Labute approximate surface area is 175 Å². The zero-order valence-corrected chi connectivity index (χ0v) is 17.1. The van der Waals surface area contributed by atoms with E-state index in [4.69, 9.17) is 14.6 Å². The van der Waals surface area contributed by atoms with Crippen LogP contribution in [-0.2, 0) is 14.3 Å². The van der Waals surface area contributed by atoms with Gasteiger partial charge in [0.25, 0.3) is 12.4 Å². The van der Waals surface area contributed by atoms with Crippen molar-refractivity contribution in [2.75, 3.05) is 39.4 Å². The Morgan fingerprint density at radius 1 is 1.33 bits per heavy atom. The minimum atomic E-state index is -0.729. The summed E-state index contributed by atoms with van der Waals surface area (Å²) in [6.07, 6.45) is 1.63. The number of carbonyl (C=O) groups is 3. The van der Waals surface area contributed by atoms with Gasteiger partial charge in [-0.3, -0.25) is 24.3 Å². The first-order valence-electron chi connectivity index (χ1n) is 10.0. The van der Waals surface area contributed by atoms with E-state index < -0.39 is 12.1 Å². The maximum Gasteiger partial charge on any atom is 0.290 e. The highest BCUT2D eigenvalue weighted by atomic mass is 16.5. The van der Waals surface area contributed by atoms with E-state index in [9.17, 15) is 14.7 Å². The standard InChI is InChI=1S/C19H28N4O4.CH2O2/c1-13-3-2-4-20-17(13)19(26)22-15-11-14(12-16(15)24)18(25)21-5-6-23-7-9-27-10-8-23;2-1-3/h2-4,14-16,24H,5-12H2,1H3,(H,21,25)(H,22,26);1H,(H,2,3)/t14-,15-,16-;/m0./s1. The number of carboxylic acid groups (broad SMARTS) is 1. The maximum atomic E-state index is 12.4. The number of ether oxygens (including phenoxy) is 1. The Kier molecular flexibility index (Phi) is 9.65. The third-order valence-electron chi connectivity index (χ3n) is 5.27. The monoisotopic (exact) mass is 422 g/mol. The lowest BCUT2D eigenvalue weighted by Gasteiger charge is -2.26. The van der Waals surface area contributed by atoms with Crippen LogP contribution in [0.25, 0.3) is 0 Å². The quantitative estimate of drug-likeness (QED) is 0.446. The number of aliphatic hydroxyl groups is 1. The number of rotatable bonds is 6. The molecule has 1 aromatic rings. The van der Waals surface area contributed by atoms with Gasteiger partial charge in [-0.2, -0.15) is 0 Å². The molecular formula is C20H30N4O6. The molecule has 0 aromatic carbocycles. The summed E-state index contributed by atoms with van der Waals surface area (Å²) < 4.78 is 5.31. The minimum absolute atomic E-state index is 0.0620. The summed E-state index contributed by atoms with van der Waals surface area (Å²) >= 11 is 0. The molecule has 3 atom stereocenters. The number of aliphatic hydroxyl groups excluding tert-OH is 1. The molecule has 1 saturated carbocycles. The van der Waals surface area contributed by atoms with Crippen LogP contribution in [0.15, 0.2) is 18.3 Å². The first-order valence-corrected chi connectivity index (χ1v) is 10.0. The molecule has 10 heteroatoms. The fourth-order valence-corrected chi connectivity index (χ4v) is 3.65. The SMILES string of the molecule is Cc1cccnc1C(=O)N[C@H]1C[C@H](C(=O)NCCN2CCOCC2)C[C@@H]1O.O=CO. The number of hydrogen-bond donors (Lipinski definition) is 4. The second-order valence-corrected chi connectivity index (χ2v) is 7.33. The van der Waals surface area contributed by atoms with Crippen molar-refractivity contribution in [1.29, 1.82) is 0 Å². The largest absolute Gasteiger partial charge is 0.483 e. The van der Waals surface area contributed by atoms with Crippen LogP contribution >= 0.6 is 0 Å². The second-order valence-electron chi connectivity index (χ2n) is 7.33. The van der Waals surface area contributed by atoms with Crippen molar-refractivity contribution in [2.24, 2.45) is 5.92 Å². The number of aryl methyl sites for hydroxylation is 1. The Morgan fingerprint density at radius 3 is 2.70 bits per heavy atom. The van der Waals surface area contributed by atoms with Crippen LogP contribution in [0, 0.1) is 12.8 Å². The summed E-state index contributed by atoms with van der Waals surface area (Å²) in [5, 5.41) is 22.9. The molecule has 30 heavy (non-hydrogen) atoms. The summed E-state index contributed by atoms with van der Waals surface area (Å²) in [5.74, 6) is -0.668. The van der Waals surface area contributed by atoms with E-state index >= 15 is 0 Å². The number of amides is 2. The van der Waals surface area contributed by atoms with Gasteiger partial charge in [-0.05, 0) is 31.4 Å². The number of nitrogens with one attached hydrogen (secondary N) is 2. The fraction of sp³-hybridized carbons (Fsp3) is 0.600. The van der Waals surface area contributed by atoms with Crippen molar-refractivity contribution in [3.8, 4) is 0 Å². The Balaban J connectivity index is 0.00000101. The molecule has 1 aliphatic heterocycles. The van der Waals surface area contributed by atoms with Crippen molar-refractivity contribution >= 4 is 18.3 Å². The molecule has 10 nitrogen and oxygen atoms in total. The molecule has 1 aromatic heterocycles.